The average Bonchev–Trinajstić information content (AvgIpc) is 2.53. The van der Waals surface area contributed by atoms with Gasteiger partial charge in [0.05, 0.1) is 12.0 Å². The van der Waals surface area contributed by atoms with Gasteiger partial charge in [0.1, 0.15) is 11.6 Å². The Bertz CT molecular complexity index is 789. The Hall–Kier alpha value is -2.12. The number of hydrogen-bond acceptors (Lipinski definition) is 5. The van der Waals surface area contributed by atoms with Gasteiger partial charge in [0, 0.05) is 32.4 Å². The first-order valence-corrected chi connectivity index (χ1v) is 8.59. The van der Waals surface area contributed by atoms with E-state index in [0.29, 0.717) is 5.75 Å². The maximum atomic E-state index is 12.5. The van der Waals surface area contributed by atoms with Gasteiger partial charge in [-0.1, -0.05) is 6.07 Å². The number of aromatic nitrogens is 1. The number of pyridine rings is 1. The quantitative estimate of drug-likeness (QED) is 0.873. The van der Waals surface area contributed by atoms with Crippen LogP contribution in [0.2, 0.25) is 0 Å². The Morgan fingerprint density at radius 2 is 2.00 bits per heavy atom. The third-order valence-electron chi connectivity index (χ3n) is 3.42. The van der Waals surface area contributed by atoms with Gasteiger partial charge in [-0.25, -0.2) is 18.1 Å². The minimum atomic E-state index is -3.60. The van der Waals surface area contributed by atoms with Crippen LogP contribution < -0.4 is 14.4 Å². The molecule has 0 aliphatic rings. The first-order chi connectivity index (χ1) is 10.8. The second kappa shape index (κ2) is 6.97. The zero-order valence-electron chi connectivity index (χ0n) is 13.7. The summed E-state index contributed by atoms with van der Waals surface area (Å²) in [7, 11) is 1.69. The van der Waals surface area contributed by atoms with E-state index in [1.54, 1.807) is 31.5 Å². The lowest BCUT2D eigenvalue weighted by molar-refractivity contribution is 0.411. The second-order valence-electron chi connectivity index (χ2n) is 5.34. The summed E-state index contributed by atoms with van der Waals surface area (Å²) in [5.74, 6) is 1.40. The second-order valence-corrected chi connectivity index (χ2v) is 7.10. The van der Waals surface area contributed by atoms with E-state index in [-0.39, 0.29) is 11.4 Å². The van der Waals surface area contributed by atoms with E-state index in [4.69, 9.17) is 4.74 Å². The average molecular weight is 335 g/mol. The molecule has 2 aromatic rings. The molecule has 0 saturated carbocycles. The summed E-state index contributed by atoms with van der Waals surface area (Å²) in [6.45, 7) is 1.98. The number of aryl methyl sites for hydroxylation is 1. The molecule has 7 heteroatoms. The Balaban J connectivity index is 2.21. The number of sulfonamides is 1. The number of rotatable bonds is 6. The van der Waals surface area contributed by atoms with Crippen molar-refractivity contribution in [1.82, 2.24) is 9.71 Å². The highest BCUT2D eigenvalue weighted by Crippen LogP contribution is 2.22. The molecule has 1 aromatic carbocycles. The highest BCUT2D eigenvalue weighted by molar-refractivity contribution is 7.89. The summed E-state index contributed by atoms with van der Waals surface area (Å²) < 4.78 is 32.7. The van der Waals surface area contributed by atoms with Crippen molar-refractivity contribution in [3.63, 3.8) is 0 Å². The van der Waals surface area contributed by atoms with E-state index in [1.165, 1.54) is 6.07 Å². The van der Waals surface area contributed by atoms with E-state index >= 15 is 0 Å². The van der Waals surface area contributed by atoms with Crippen molar-refractivity contribution in [2.24, 2.45) is 0 Å². The van der Waals surface area contributed by atoms with Crippen LogP contribution in [0.5, 0.6) is 5.75 Å². The Kier molecular flexibility index (Phi) is 5.23. The monoisotopic (exact) mass is 335 g/mol. The van der Waals surface area contributed by atoms with Crippen molar-refractivity contribution < 1.29 is 13.2 Å². The van der Waals surface area contributed by atoms with Crippen molar-refractivity contribution in [2.45, 2.75) is 18.4 Å². The Morgan fingerprint density at radius 3 is 2.61 bits per heavy atom. The third-order valence-corrected chi connectivity index (χ3v) is 4.82. The summed E-state index contributed by atoms with van der Waals surface area (Å²) >= 11 is 0. The van der Waals surface area contributed by atoms with Crippen LogP contribution in [0.1, 0.15) is 11.1 Å². The fourth-order valence-corrected chi connectivity index (χ4v) is 3.34. The number of anilines is 1. The summed E-state index contributed by atoms with van der Waals surface area (Å²) in [6.07, 6.45) is 1.68. The van der Waals surface area contributed by atoms with Gasteiger partial charge in [-0.15, -0.1) is 0 Å². The van der Waals surface area contributed by atoms with E-state index < -0.39 is 10.0 Å². The minimum absolute atomic E-state index is 0.175. The van der Waals surface area contributed by atoms with Gasteiger partial charge in [0.25, 0.3) is 0 Å². The fourth-order valence-electron chi connectivity index (χ4n) is 2.25. The molecule has 0 aliphatic carbocycles. The lowest BCUT2D eigenvalue weighted by atomic mass is 10.2. The van der Waals surface area contributed by atoms with Crippen molar-refractivity contribution in [2.75, 3.05) is 26.1 Å². The van der Waals surface area contributed by atoms with E-state index in [9.17, 15) is 8.42 Å². The van der Waals surface area contributed by atoms with Crippen LogP contribution in [0.4, 0.5) is 5.82 Å². The zero-order chi connectivity index (χ0) is 17.0. The van der Waals surface area contributed by atoms with Crippen LogP contribution in [0, 0.1) is 6.92 Å². The molecule has 0 bridgehead atoms. The molecule has 0 fully saturated rings. The zero-order valence-corrected chi connectivity index (χ0v) is 14.5. The van der Waals surface area contributed by atoms with E-state index in [0.717, 1.165) is 16.9 Å². The molecule has 1 aromatic heterocycles. The van der Waals surface area contributed by atoms with Crippen LogP contribution in [-0.2, 0) is 16.6 Å². The van der Waals surface area contributed by atoms with Crippen molar-refractivity contribution in [1.29, 1.82) is 0 Å². The summed E-state index contributed by atoms with van der Waals surface area (Å²) in [5, 5.41) is 0. The molecule has 124 valence electrons. The first kappa shape index (κ1) is 17.2. The normalized spacial score (nSPS) is 11.3. The number of hydrogen-bond donors (Lipinski definition) is 1. The number of nitrogens with one attached hydrogen (secondary N) is 1. The van der Waals surface area contributed by atoms with Crippen LogP contribution >= 0.6 is 0 Å². The molecule has 1 heterocycles. The molecule has 1 N–H and O–H groups in total. The van der Waals surface area contributed by atoms with Crippen LogP contribution in [-0.4, -0.2) is 34.6 Å². The van der Waals surface area contributed by atoms with Gasteiger partial charge in [-0.05, 0) is 36.8 Å². The SMILES string of the molecule is COc1ccc(S(=O)(=O)NCc2cccnc2N(C)C)cc1C. The van der Waals surface area contributed by atoms with Gasteiger partial charge in [0.15, 0.2) is 0 Å². The van der Waals surface area contributed by atoms with Crippen molar-refractivity contribution in [3.05, 3.63) is 47.7 Å². The summed E-state index contributed by atoms with van der Waals surface area (Å²) in [6, 6.07) is 8.42. The minimum Gasteiger partial charge on any atom is -0.496 e. The molecule has 6 nitrogen and oxygen atoms in total. The Labute approximate surface area is 137 Å². The van der Waals surface area contributed by atoms with Crippen molar-refractivity contribution in [3.8, 4) is 5.75 Å². The number of benzene rings is 1. The maximum absolute atomic E-state index is 12.5. The molecule has 2 rings (SSSR count). The molecule has 23 heavy (non-hydrogen) atoms. The van der Waals surface area contributed by atoms with E-state index in [2.05, 4.69) is 9.71 Å². The lowest BCUT2D eigenvalue weighted by Crippen LogP contribution is -2.25. The van der Waals surface area contributed by atoms with Crippen LogP contribution in [0.15, 0.2) is 41.4 Å². The maximum Gasteiger partial charge on any atom is 0.240 e. The molecule has 0 unspecified atom stereocenters. The predicted octanol–water partition coefficient (Wildman–Crippen LogP) is 1.94. The molecule has 0 aliphatic heterocycles. The van der Waals surface area contributed by atoms with Crippen molar-refractivity contribution >= 4 is 15.8 Å². The van der Waals surface area contributed by atoms with Gasteiger partial charge >= 0.3 is 0 Å². The molecule has 0 saturated heterocycles. The summed E-state index contributed by atoms with van der Waals surface area (Å²) in [4.78, 5) is 6.33. The highest BCUT2D eigenvalue weighted by atomic mass is 32.2. The van der Waals surface area contributed by atoms with Crippen LogP contribution in [0.25, 0.3) is 0 Å². The van der Waals surface area contributed by atoms with E-state index in [1.807, 2.05) is 32.0 Å². The number of methoxy groups -OCH3 is 1. The molecule has 0 spiro atoms. The molecule has 0 amide bonds. The largest absolute Gasteiger partial charge is 0.496 e. The fraction of sp³-hybridized carbons (Fsp3) is 0.312. The molecular weight excluding hydrogens is 314 g/mol. The smallest absolute Gasteiger partial charge is 0.240 e. The standard InChI is InChI=1S/C16H21N3O3S/c1-12-10-14(7-8-15(12)22-4)23(20,21)18-11-13-6-5-9-17-16(13)19(2)3/h5-10,18H,11H2,1-4H3. The number of nitrogens with zero attached hydrogens (tertiary/aromatic N) is 2. The van der Waals surface area contributed by atoms with Crippen LogP contribution in [0.3, 0.4) is 0 Å². The van der Waals surface area contributed by atoms with Gasteiger partial charge in [-0.2, -0.15) is 0 Å². The highest BCUT2D eigenvalue weighted by Gasteiger charge is 2.16. The molecular formula is C16H21N3O3S. The topological polar surface area (TPSA) is 71.5 Å². The first-order valence-electron chi connectivity index (χ1n) is 7.10. The third kappa shape index (κ3) is 4.00. The molecule has 0 radical (unpaired) electrons. The van der Waals surface area contributed by atoms with Gasteiger partial charge in [-0.3, -0.25) is 0 Å². The van der Waals surface area contributed by atoms with Gasteiger partial charge < -0.3 is 9.64 Å². The predicted molar refractivity (Wildman–Crippen MR) is 90.3 cm³/mol. The lowest BCUT2D eigenvalue weighted by Gasteiger charge is -2.16. The summed E-state index contributed by atoms with van der Waals surface area (Å²) in [5.41, 5.74) is 1.58. The van der Waals surface area contributed by atoms with Gasteiger partial charge in [0.2, 0.25) is 10.0 Å². The number of ether oxygens (including phenoxy) is 1. The molecule has 0 atom stereocenters. The Morgan fingerprint density at radius 1 is 1.26 bits per heavy atom.